The normalized spacial score (nSPS) is 9.81. The van der Waals surface area contributed by atoms with Gasteiger partial charge in [-0.25, -0.2) is 0 Å². The summed E-state index contributed by atoms with van der Waals surface area (Å²) in [5.41, 5.74) is 12.3. The van der Waals surface area contributed by atoms with E-state index >= 15 is 0 Å². The van der Waals surface area contributed by atoms with Crippen molar-refractivity contribution in [3.05, 3.63) is 37.7 Å². The molecule has 0 saturated heterocycles. The van der Waals surface area contributed by atoms with Gasteiger partial charge in [0.05, 0.1) is 18.7 Å². The maximum absolute atomic E-state index is 8.35. The van der Waals surface area contributed by atoms with Gasteiger partial charge in [-0.05, 0) is 48.6 Å². The molecule has 0 atom stereocenters. The SMILES string of the molecule is COc1c(C)c(C)c(CN=[N+]=[N-])c(C)c1Cl. The predicted octanol–water partition coefficient (Wildman–Crippen LogP) is 4.08. The summed E-state index contributed by atoms with van der Waals surface area (Å²) < 4.78 is 5.26. The van der Waals surface area contributed by atoms with E-state index in [0.717, 1.165) is 22.3 Å². The second kappa shape index (κ2) is 5.10. The van der Waals surface area contributed by atoms with Crippen LogP contribution in [0.25, 0.3) is 10.4 Å². The van der Waals surface area contributed by atoms with Gasteiger partial charge in [0.2, 0.25) is 0 Å². The van der Waals surface area contributed by atoms with Gasteiger partial charge in [0.1, 0.15) is 5.75 Å². The fraction of sp³-hybridized carbons (Fsp3) is 0.455. The highest BCUT2D eigenvalue weighted by Crippen LogP contribution is 2.36. The summed E-state index contributed by atoms with van der Waals surface area (Å²) in [5, 5.41) is 4.17. The van der Waals surface area contributed by atoms with Gasteiger partial charge in [0.15, 0.2) is 0 Å². The van der Waals surface area contributed by atoms with E-state index in [1.807, 2.05) is 20.8 Å². The highest BCUT2D eigenvalue weighted by Gasteiger charge is 2.15. The predicted molar refractivity (Wildman–Crippen MR) is 65.1 cm³/mol. The average molecular weight is 240 g/mol. The quantitative estimate of drug-likeness (QED) is 0.445. The summed E-state index contributed by atoms with van der Waals surface area (Å²) in [5.74, 6) is 0.696. The Bertz CT molecular complexity index is 436. The van der Waals surface area contributed by atoms with Crippen LogP contribution in [0.1, 0.15) is 22.3 Å². The number of azide groups is 1. The Balaban J connectivity index is 3.46. The summed E-state index contributed by atoms with van der Waals surface area (Å²) in [4.78, 5) is 2.77. The smallest absolute Gasteiger partial charge is 0.140 e. The molecule has 16 heavy (non-hydrogen) atoms. The van der Waals surface area contributed by atoms with Crippen LogP contribution in [0.15, 0.2) is 5.11 Å². The van der Waals surface area contributed by atoms with Crippen LogP contribution in [0.4, 0.5) is 0 Å². The van der Waals surface area contributed by atoms with E-state index in [4.69, 9.17) is 21.9 Å². The van der Waals surface area contributed by atoms with Crippen LogP contribution in [0.3, 0.4) is 0 Å². The highest BCUT2D eigenvalue weighted by molar-refractivity contribution is 6.33. The van der Waals surface area contributed by atoms with Crippen molar-refractivity contribution in [3.8, 4) is 5.75 Å². The summed E-state index contributed by atoms with van der Waals surface area (Å²) in [6, 6.07) is 0. The largest absolute Gasteiger partial charge is 0.495 e. The minimum absolute atomic E-state index is 0.318. The van der Waals surface area contributed by atoms with Crippen LogP contribution < -0.4 is 4.74 Å². The molecule has 0 radical (unpaired) electrons. The Morgan fingerprint density at radius 2 is 1.88 bits per heavy atom. The summed E-state index contributed by atoms with van der Waals surface area (Å²) in [6.45, 7) is 6.14. The zero-order valence-electron chi connectivity index (χ0n) is 9.83. The maximum atomic E-state index is 8.35. The fourth-order valence-electron chi connectivity index (χ4n) is 1.73. The fourth-order valence-corrected chi connectivity index (χ4v) is 2.06. The molecule has 0 aliphatic heterocycles. The Labute approximate surface area is 99.8 Å². The Morgan fingerprint density at radius 1 is 1.25 bits per heavy atom. The molecule has 4 nitrogen and oxygen atoms in total. The molecule has 0 saturated carbocycles. The third-order valence-electron chi connectivity index (χ3n) is 2.83. The lowest BCUT2D eigenvalue weighted by molar-refractivity contribution is 0.411. The first-order chi connectivity index (χ1) is 7.54. The summed E-state index contributed by atoms with van der Waals surface area (Å²) in [6.07, 6.45) is 0. The van der Waals surface area contributed by atoms with Crippen molar-refractivity contribution in [1.82, 2.24) is 0 Å². The number of benzene rings is 1. The molecule has 0 heterocycles. The lowest BCUT2D eigenvalue weighted by Crippen LogP contribution is -2.00. The molecule has 1 aromatic rings. The molecule has 0 fully saturated rings. The molecule has 86 valence electrons. The second-order valence-corrected chi connectivity index (χ2v) is 3.97. The van der Waals surface area contributed by atoms with E-state index in [0.29, 0.717) is 17.3 Å². The van der Waals surface area contributed by atoms with E-state index < -0.39 is 0 Å². The molecular weight excluding hydrogens is 226 g/mol. The first-order valence-electron chi connectivity index (χ1n) is 4.87. The van der Waals surface area contributed by atoms with Gasteiger partial charge < -0.3 is 4.74 Å². The number of methoxy groups -OCH3 is 1. The van der Waals surface area contributed by atoms with E-state index in [1.54, 1.807) is 7.11 Å². The molecule has 0 spiro atoms. The summed E-state index contributed by atoms with van der Waals surface area (Å²) in [7, 11) is 1.60. The number of nitrogens with zero attached hydrogens (tertiary/aromatic N) is 3. The van der Waals surface area contributed by atoms with Crippen molar-refractivity contribution in [1.29, 1.82) is 0 Å². The van der Waals surface area contributed by atoms with Crippen LogP contribution in [0.5, 0.6) is 5.75 Å². The van der Waals surface area contributed by atoms with Gasteiger partial charge in [0.25, 0.3) is 0 Å². The van der Waals surface area contributed by atoms with Crippen molar-refractivity contribution < 1.29 is 4.74 Å². The first kappa shape index (κ1) is 12.7. The van der Waals surface area contributed by atoms with Gasteiger partial charge in [-0.3, -0.25) is 0 Å². The molecule has 1 rings (SSSR count). The minimum Gasteiger partial charge on any atom is -0.495 e. The maximum Gasteiger partial charge on any atom is 0.140 e. The summed E-state index contributed by atoms with van der Waals surface area (Å²) >= 11 is 6.19. The van der Waals surface area contributed by atoms with Gasteiger partial charge >= 0.3 is 0 Å². The Kier molecular flexibility index (Phi) is 4.05. The van der Waals surface area contributed by atoms with E-state index in [9.17, 15) is 0 Å². The monoisotopic (exact) mass is 239 g/mol. The topological polar surface area (TPSA) is 58.0 Å². The number of hydrogen-bond acceptors (Lipinski definition) is 2. The second-order valence-electron chi connectivity index (χ2n) is 3.59. The van der Waals surface area contributed by atoms with E-state index in [1.165, 1.54) is 0 Å². The van der Waals surface area contributed by atoms with Gasteiger partial charge in [-0.2, -0.15) is 0 Å². The van der Waals surface area contributed by atoms with Crippen LogP contribution in [0.2, 0.25) is 5.02 Å². The van der Waals surface area contributed by atoms with Crippen molar-refractivity contribution in [2.45, 2.75) is 27.3 Å². The molecule has 0 N–H and O–H groups in total. The average Bonchev–Trinajstić information content (AvgIpc) is 2.27. The first-order valence-corrected chi connectivity index (χ1v) is 5.25. The molecule has 0 aromatic heterocycles. The molecule has 1 aromatic carbocycles. The van der Waals surface area contributed by atoms with Gasteiger partial charge in [-0.15, -0.1) is 0 Å². The molecule has 0 unspecified atom stereocenters. The standard InChI is InChI=1S/C11H14ClN3O/c1-6-7(2)11(16-4)10(12)8(3)9(6)5-14-15-13/h5H2,1-4H3. The van der Waals surface area contributed by atoms with Crippen molar-refractivity contribution in [3.63, 3.8) is 0 Å². The number of hydrogen-bond donors (Lipinski definition) is 0. The van der Waals surface area contributed by atoms with Crippen molar-refractivity contribution >= 4 is 11.6 Å². The van der Waals surface area contributed by atoms with E-state index in [-0.39, 0.29) is 0 Å². The van der Waals surface area contributed by atoms with E-state index in [2.05, 4.69) is 10.0 Å². The lowest BCUT2D eigenvalue weighted by atomic mass is 9.97. The number of rotatable bonds is 3. The molecule has 5 heteroatoms. The van der Waals surface area contributed by atoms with Gasteiger partial charge in [0, 0.05) is 4.91 Å². The van der Waals surface area contributed by atoms with Crippen molar-refractivity contribution in [2.75, 3.05) is 7.11 Å². The third-order valence-corrected chi connectivity index (χ3v) is 3.29. The molecule has 0 amide bonds. The molecule has 0 aliphatic rings. The van der Waals surface area contributed by atoms with Crippen LogP contribution >= 0.6 is 11.6 Å². The highest BCUT2D eigenvalue weighted by atomic mass is 35.5. The minimum atomic E-state index is 0.318. The molecule has 0 bridgehead atoms. The molecular formula is C11H14ClN3O. The molecule has 0 aliphatic carbocycles. The Morgan fingerprint density at radius 3 is 2.38 bits per heavy atom. The Hall–Kier alpha value is -1.38. The van der Waals surface area contributed by atoms with Gasteiger partial charge in [-0.1, -0.05) is 16.7 Å². The third kappa shape index (κ3) is 2.08. The number of ether oxygens (including phenoxy) is 1. The van der Waals surface area contributed by atoms with Crippen LogP contribution in [0, 0.1) is 20.8 Å². The van der Waals surface area contributed by atoms with Crippen LogP contribution in [-0.2, 0) is 6.54 Å². The lowest BCUT2D eigenvalue weighted by Gasteiger charge is -2.17. The zero-order valence-corrected chi connectivity index (χ0v) is 10.6. The zero-order chi connectivity index (χ0) is 12.3. The van der Waals surface area contributed by atoms with Crippen molar-refractivity contribution in [2.24, 2.45) is 5.11 Å². The van der Waals surface area contributed by atoms with Crippen LogP contribution in [-0.4, -0.2) is 7.11 Å². The number of halogens is 1.